The number of nitrogens with one attached hydrogen (secondary N) is 1. The number of carbonyl (C=O) groups excluding carboxylic acids is 1. The summed E-state index contributed by atoms with van der Waals surface area (Å²) in [6.45, 7) is 0.353. The molecule has 7 nitrogen and oxygen atoms in total. The molecule has 0 bridgehead atoms. The highest BCUT2D eigenvalue weighted by atomic mass is 16.6. The normalized spacial score (nSPS) is 23.8. The summed E-state index contributed by atoms with van der Waals surface area (Å²) < 4.78 is 0. The first-order valence-electron chi connectivity index (χ1n) is 12.5. The van der Waals surface area contributed by atoms with Crippen LogP contribution in [0.4, 0.5) is 5.69 Å². The molecule has 1 saturated heterocycles. The Morgan fingerprint density at radius 2 is 1.50 bits per heavy atom. The molecule has 2 heterocycles. The first-order valence-corrected chi connectivity index (χ1v) is 12.5. The predicted octanol–water partition coefficient (Wildman–Crippen LogP) is 5.07. The van der Waals surface area contributed by atoms with Crippen molar-refractivity contribution in [3.05, 3.63) is 147 Å². The lowest BCUT2D eigenvalue weighted by Crippen LogP contribution is -2.50. The van der Waals surface area contributed by atoms with Gasteiger partial charge in [-0.3, -0.25) is 20.2 Å². The van der Waals surface area contributed by atoms with Crippen molar-refractivity contribution in [1.82, 2.24) is 5.32 Å². The summed E-state index contributed by atoms with van der Waals surface area (Å²) in [4.78, 5) is 28.9. The van der Waals surface area contributed by atoms with Gasteiger partial charge in [-0.1, -0.05) is 91.0 Å². The van der Waals surface area contributed by atoms with Crippen LogP contribution >= 0.6 is 0 Å². The summed E-state index contributed by atoms with van der Waals surface area (Å²) in [6, 6.07) is 33.6. The molecule has 7 heteroatoms. The molecule has 4 atom stereocenters. The maximum Gasteiger partial charge on any atom is 0.253 e. The Balaban J connectivity index is 1.56. The standard InChI is InChI=1S/C31H24N4O3/c32-19-21-15-17-24(18-16-21)28-29(35(37)38)27(23-11-5-2-6-12-23)31(33-28)25-13-7-8-14-26(25)34(30(31)36)20-22-9-3-1-4-10-22/h1-18,27-29,33H,20H2/t27-,28-,29-,31+/m0/s1. The Labute approximate surface area is 220 Å². The molecular weight excluding hydrogens is 476 g/mol. The van der Waals surface area contributed by atoms with Gasteiger partial charge in [0.15, 0.2) is 0 Å². The summed E-state index contributed by atoms with van der Waals surface area (Å²) in [5.74, 6) is -0.979. The van der Waals surface area contributed by atoms with Gasteiger partial charge in [0.25, 0.3) is 5.91 Å². The van der Waals surface area contributed by atoms with E-state index in [0.717, 1.165) is 22.4 Å². The minimum Gasteiger partial charge on any atom is -0.306 e. The maximum absolute atomic E-state index is 14.6. The second-order valence-electron chi connectivity index (χ2n) is 9.72. The maximum atomic E-state index is 14.6. The van der Waals surface area contributed by atoms with Gasteiger partial charge in [-0.15, -0.1) is 0 Å². The molecule has 0 unspecified atom stereocenters. The molecule has 2 aliphatic rings. The Morgan fingerprint density at radius 1 is 0.868 bits per heavy atom. The van der Waals surface area contributed by atoms with Crippen molar-refractivity contribution < 1.29 is 9.72 Å². The van der Waals surface area contributed by atoms with Gasteiger partial charge in [0, 0.05) is 16.2 Å². The van der Waals surface area contributed by atoms with Crippen LogP contribution in [0.15, 0.2) is 109 Å². The van der Waals surface area contributed by atoms with Crippen LogP contribution in [-0.2, 0) is 16.9 Å². The average Bonchev–Trinajstić information content (AvgIpc) is 3.44. The van der Waals surface area contributed by atoms with Crippen molar-refractivity contribution in [3.63, 3.8) is 0 Å². The lowest BCUT2D eigenvalue weighted by atomic mass is 9.74. The lowest BCUT2D eigenvalue weighted by molar-refractivity contribution is -0.527. The van der Waals surface area contributed by atoms with Crippen LogP contribution < -0.4 is 10.2 Å². The fourth-order valence-electron chi connectivity index (χ4n) is 6.11. The van der Waals surface area contributed by atoms with E-state index in [2.05, 4.69) is 11.4 Å². The molecule has 1 spiro atoms. The third-order valence-electron chi connectivity index (χ3n) is 7.72. The number of para-hydroxylation sites is 1. The number of nitrogens with zero attached hydrogens (tertiary/aromatic N) is 3. The zero-order valence-corrected chi connectivity index (χ0v) is 20.4. The van der Waals surface area contributed by atoms with E-state index in [-0.39, 0.29) is 10.8 Å². The highest BCUT2D eigenvalue weighted by Gasteiger charge is 2.68. The van der Waals surface area contributed by atoms with Gasteiger partial charge >= 0.3 is 0 Å². The number of nitro groups is 1. The van der Waals surface area contributed by atoms with E-state index in [1.807, 2.05) is 84.9 Å². The van der Waals surface area contributed by atoms with Gasteiger partial charge in [-0.25, -0.2) is 0 Å². The first kappa shape index (κ1) is 23.6. The largest absolute Gasteiger partial charge is 0.306 e. The van der Waals surface area contributed by atoms with Crippen molar-refractivity contribution in [2.24, 2.45) is 0 Å². The molecular formula is C31H24N4O3. The van der Waals surface area contributed by atoms with Gasteiger partial charge in [0.2, 0.25) is 6.04 Å². The number of amides is 1. The first-order chi connectivity index (χ1) is 18.5. The van der Waals surface area contributed by atoms with Crippen molar-refractivity contribution in [2.45, 2.75) is 30.1 Å². The van der Waals surface area contributed by atoms with E-state index < -0.39 is 23.5 Å². The van der Waals surface area contributed by atoms with E-state index in [0.29, 0.717) is 17.7 Å². The zero-order chi connectivity index (χ0) is 26.3. The van der Waals surface area contributed by atoms with Gasteiger partial charge in [0.1, 0.15) is 11.6 Å². The fraction of sp³-hybridized carbons (Fsp3) is 0.161. The molecule has 6 rings (SSSR count). The molecule has 0 radical (unpaired) electrons. The van der Waals surface area contributed by atoms with Crippen LogP contribution in [0.5, 0.6) is 0 Å². The molecule has 1 amide bonds. The van der Waals surface area contributed by atoms with Gasteiger partial charge in [0.05, 0.1) is 24.1 Å². The van der Waals surface area contributed by atoms with E-state index in [1.54, 1.807) is 29.2 Å². The molecule has 0 aliphatic carbocycles. The number of fused-ring (bicyclic) bond motifs is 2. The molecule has 0 aromatic heterocycles. The number of rotatable bonds is 5. The zero-order valence-electron chi connectivity index (χ0n) is 20.4. The van der Waals surface area contributed by atoms with E-state index >= 15 is 0 Å². The minimum absolute atomic E-state index is 0.209. The van der Waals surface area contributed by atoms with E-state index in [9.17, 15) is 20.2 Å². The summed E-state index contributed by atoms with van der Waals surface area (Å²) in [7, 11) is 0. The highest BCUT2D eigenvalue weighted by molar-refractivity contribution is 6.09. The van der Waals surface area contributed by atoms with E-state index in [4.69, 9.17) is 0 Å². The van der Waals surface area contributed by atoms with Crippen molar-refractivity contribution in [3.8, 4) is 6.07 Å². The number of nitriles is 1. The van der Waals surface area contributed by atoms with Gasteiger partial charge < -0.3 is 4.90 Å². The SMILES string of the molecule is N#Cc1ccc([C@@H]2N[C@@]3(C(=O)N(Cc4ccccc4)c4ccccc43)[C@@H](c3ccccc3)[C@@H]2[N+](=O)[O-])cc1. The molecule has 0 saturated carbocycles. The number of carbonyl (C=O) groups is 1. The second kappa shape index (κ2) is 9.25. The lowest BCUT2D eigenvalue weighted by Gasteiger charge is -2.31. The van der Waals surface area contributed by atoms with Crippen LogP contribution in [0.25, 0.3) is 0 Å². The smallest absolute Gasteiger partial charge is 0.253 e. The van der Waals surface area contributed by atoms with Crippen LogP contribution in [0.2, 0.25) is 0 Å². The Kier molecular flexibility index (Phi) is 5.74. The molecule has 4 aromatic rings. The molecule has 2 aliphatic heterocycles. The van der Waals surface area contributed by atoms with Crippen LogP contribution in [-0.4, -0.2) is 16.9 Å². The summed E-state index contributed by atoms with van der Waals surface area (Å²) >= 11 is 0. The summed E-state index contributed by atoms with van der Waals surface area (Å²) in [5.41, 5.74) is 2.96. The van der Waals surface area contributed by atoms with Crippen LogP contribution in [0.1, 0.15) is 39.8 Å². The molecule has 186 valence electrons. The number of anilines is 1. The molecule has 1 fully saturated rings. The fourth-order valence-corrected chi connectivity index (χ4v) is 6.11. The summed E-state index contributed by atoms with van der Waals surface area (Å²) in [5, 5.41) is 25.6. The topological polar surface area (TPSA) is 99.3 Å². The summed E-state index contributed by atoms with van der Waals surface area (Å²) in [6.07, 6.45) is 0. The predicted molar refractivity (Wildman–Crippen MR) is 143 cm³/mol. The third-order valence-corrected chi connectivity index (χ3v) is 7.72. The van der Waals surface area contributed by atoms with E-state index in [1.165, 1.54) is 0 Å². The third kappa shape index (κ3) is 3.58. The number of hydrogen-bond donors (Lipinski definition) is 1. The minimum atomic E-state index is -1.34. The van der Waals surface area contributed by atoms with Crippen LogP contribution in [0.3, 0.4) is 0 Å². The Hall–Kier alpha value is -4.80. The van der Waals surface area contributed by atoms with Crippen molar-refractivity contribution in [1.29, 1.82) is 5.26 Å². The quantitative estimate of drug-likeness (QED) is 0.305. The Bertz CT molecular complexity index is 1550. The highest BCUT2D eigenvalue weighted by Crippen LogP contribution is 2.57. The van der Waals surface area contributed by atoms with Gasteiger partial charge in [-0.05, 0) is 34.9 Å². The van der Waals surface area contributed by atoms with Gasteiger partial charge in [-0.2, -0.15) is 5.26 Å². The monoisotopic (exact) mass is 500 g/mol. The Morgan fingerprint density at radius 3 is 2.16 bits per heavy atom. The van der Waals surface area contributed by atoms with Crippen molar-refractivity contribution in [2.75, 3.05) is 4.90 Å². The average molecular weight is 501 g/mol. The van der Waals surface area contributed by atoms with Crippen molar-refractivity contribution >= 4 is 11.6 Å². The number of hydrogen-bond acceptors (Lipinski definition) is 5. The molecule has 1 N–H and O–H groups in total. The second-order valence-corrected chi connectivity index (χ2v) is 9.72. The molecule has 4 aromatic carbocycles. The number of benzene rings is 4. The molecule has 38 heavy (non-hydrogen) atoms. The van der Waals surface area contributed by atoms with Crippen LogP contribution in [0, 0.1) is 21.4 Å².